The standard InChI is InChI=1S/C27H39N3O8/c1-16(2)20(32)37-11-10-28-24(36)38-18(13-29-19(31)17(3)12-25(4,5)21(29)33)14-30-22(34)26(6,7)15-27(8,9)23(30)35/h18H,1,3,10-15H2,2,4-9H3,(H,28,36). The summed E-state index contributed by atoms with van der Waals surface area (Å²) < 4.78 is 10.4. The highest BCUT2D eigenvalue weighted by Gasteiger charge is 2.51. The minimum atomic E-state index is -1.22. The van der Waals surface area contributed by atoms with E-state index in [1.807, 2.05) is 0 Å². The predicted molar refractivity (Wildman–Crippen MR) is 137 cm³/mol. The van der Waals surface area contributed by atoms with Gasteiger partial charge < -0.3 is 14.8 Å². The van der Waals surface area contributed by atoms with E-state index in [0.717, 1.165) is 9.80 Å². The van der Waals surface area contributed by atoms with Gasteiger partial charge in [0.25, 0.3) is 5.91 Å². The Balaban J connectivity index is 2.26. The minimum absolute atomic E-state index is 0.0857. The number of alkyl carbamates (subject to hydrolysis) is 1. The van der Waals surface area contributed by atoms with Crippen molar-refractivity contribution in [3.63, 3.8) is 0 Å². The maximum atomic E-state index is 13.2. The lowest BCUT2D eigenvalue weighted by molar-refractivity contribution is -0.167. The average molecular weight is 534 g/mol. The third-order valence-corrected chi connectivity index (χ3v) is 6.56. The van der Waals surface area contributed by atoms with Crippen molar-refractivity contribution in [3.05, 3.63) is 24.3 Å². The molecule has 11 nitrogen and oxygen atoms in total. The molecule has 2 aliphatic heterocycles. The summed E-state index contributed by atoms with van der Waals surface area (Å²) in [4.78, 5) is 78.4. The Morgan fingerprint density at radius 1 is 0.921 bits per heavy atom. The molecule has 1 N–H and O–H groups in total. The van der Waals surface area contributed by atoms with E-state index in [0.29, 0.717) is 6.42 Å². The van der Waals surface area contributed by atoms with Crippen molar-refractivity contribution in [1.29, 1.82) is 0 Å². The van der Waals surface area contributed by atoms with Crippen LogP contribution in [-0.2, 0) is 33.4 Å². The van der Waals surface area contributed by atoms with Crippen LogP contribution in [0.15, 0.2) is 24.3 Å². The fourth-order valence-corrected chi connectivity index (χ4v) is 4.90. The molecule has 0 saturated carbocycles. The van der Waals surface area contributed by atoms with Crippen LogP contribution in [0.3, 0.4) is 0 Å². The first-order valence-corrected chi connectivity index (χ1v) is 12.5. The Bertz CT molecular complexity index is 1050. The molecular formula is C27H39N3O8. The highest BCUT2D eigenvalue weighted by Crippen LogP contribution is 2.42. The third-order valence-electron chi connectivity index (χ3n) is 6.56. The van der Waals surface area contributed by atoms with Gasteiger partial charge >= 0.3 is 12.1 Å². The number of esters is 1. The van der Waals surface area contributed by atoms with Crippen molar-refractivity contribution in [3.8, 4) is 0 Å². The summed E-state index contributed by atoms with van der Waals surface area (Å²) in [5.74, 6) is -2.58. The van der Waals surface area contributed by atoms with Gasteiger partial charge in [0, 0.05) is 27.4 Å². The number of piperidine rings is 2. The molecule has 1 atom stereocenters. The van der Waals surface area contributed by atoms with Crippen LogP contribution in [0.25, 0.3) is 0 Å². The molecule has 0 aromatic rings. The van der Waals surface area contributed by atoms with E-state index in [1.165, 1.54) is 6.92 Å². The van der Waals surface area contributed by atoms with Crippen molar-refractivity contribution >= 4 is 35.7 Å². The highest BCUT2D eigenvalue weighted by atomic mass is 16.6. The number of amides is 5. The second-order valence-electron chi connectivity index (χ2n) is 11.9. The van der Waals surface area contributed by atoms with E-state index in [4.69, 9.17) is 9.47 Å². The molecule has 0 spiro atoms. The Labute approximate surface area is 223 Å². The number of carbonyl (C=O) groups is 6. The van der Waals surface area contributed by atoms with Crippen molar-refractivity contribution in [2.24, 2.45) is 16.2 Å². The highest BCUT2D eigenvalue weighted by molar-refractivity contribution is 6.09. The van der Waals surface area contributed by atoms with Gasteiger partial charge in [0.1, 0.15) is 12.7 Å². The largest absolute Gasteiger partial charge is 0.460 e. The van der Waals surface area contributed by atoms with Crippen molar-refractivity contribution in [1.82, 2.24) is 15.1 Å². The van der Waals surface area contributed by atoms with Gasteiger partial charge in [-0.2, -0.15) is 0 Å². The first-order chi connectivity index (χ1) is 17.3. The first-order valence-electron chi connectivity index (χ1n) is 12.5. The molecule has 2 aliphatic rings. The summed E-state index contributed by atoms with van der Waals surface area (Å²) in [7, 11) is 0. The minimum Gasteiger partial charge on any atom is -0.460 e. The summed E-state index contributed by atoms with van der Waals surface area (Å²) >= 11 is 0. The number of nitrogens with zero attached hydrogens (tertiary/aromatic N) is 2. The van der Waals surface area contributed by atoms with Gasteiger partial charge in [-0.05, 0) is 19.8 Å². The van der Waals surface area contributed by atoms with Crippen LogP contribution >= 0.6 is 0 Å². The Morgan fingerprint density at radius 2 is 1.42 bits per heavy atom. The molecule has 38 heavy (non-hydrogen) atoms. The van der Waals surface area contributed by atoms with Gasteiger partial charge in [-0.3, -0.25) is 29.0 Å². The lowest BCUT2D eigenvalue weighted by atomic mass is 9.70. The second kappa shape index (κ2) is 11.1. The van der Waals surface area contributed by atoms with Crippen molar-refractivity contribution in [2.45, 2.75) is 67.4 Å². The molecule has 5 amide bonds. The van der Waals surface area contributed by atoms with Gasteiger partial charge in [0.15, 0.2) is 0 Å². The molecule has 0 aliphatic carbocycles. The maximum absolute atomic E-state index is 13.2. The van der Waals surface area contributed by atoms with Crippen LogP contribution in [0.1, 0.15) is 61.3 Å². The van der Waals surface area contributed by atoms with E-state index in [9.17, 15) is 28.8 Å². The van der Waals surface area contributed by atoms with Crippen molar-refractivity contribution in [2.75, 3.05) is 26.2 Å². The summed E-state index contributed by atoms with van der Waals surface area (Å²) in [5, 5.41) is 2.42. The number of hydrogen-bond donors (Lipinski definition) is 1. The lowest BCUT2D eigenvalue weighted by Gasteiger charge is -2.45. The third kappa shape index (κ3) is 6.87. The van der Waals surface area contributed by atoms with Gasteiger partial charge in [-0.25, -0.2) is 9.59 Å². The molecule has 210 valence electrons. The van der Waals surface area contributed by atoms with Gasteiger partial charge in [-0.1, -0.05) is 54.7 Å². The number of carbonyl (C=O) groups excluding carboxylic acids is 6. The van der Waals surface area contributed by atoms with Crippen molar-refractivity contribution < 1.29 is 38.2 Å². The Morgan fingerprint density at radius 3 is 1.95 bits per heavy atom. The van der Waals surface area contributed by atoms with Crippen LogP contribution in [-0.4, -0.2) is 77.8 Å². The molecule has 2 fully saturated rings. The normalized spacial score (nSPS) is 21.2. The molecule has 11 heteroatoms. The Kier molecular flexibility index (Phi) is 8.96. The first kappa shape index (κ1) is 30.7. The monoisotopic (exact) mass is 533 g/mol. The predicted octanol–water partition coefficient (Wildman–Crippen LogP) is 2.35. The lowest BCUT2D eigenvalue weighted by Crippen LogP contribution is -2.60. The Hall–Kier alpha value is -3.50. The molecule has 0 aromatic carbocycles. The van der Waals surface area contributed by atoms with Crippen LogP contribution in [0.2, 0.25) is 0 Å². The molecule has 1 unspecified atom stereocenters. The van der Waals surface area contributed by atoms with E-state index in [-0.39, 0.29) is 43.8 Å². The summed E-state index contributed by atoms with van der Waals surface area (Å²) in [6, 6.07) is 0. The summed E-state index contributed by atoms with van der Waals surface area (Å²) in [5.41, 5.74) is -2.19. The number of imide groups is 2. The number of likely N-dealkylation sites (tertiary alicyclic amines) is 2. The fraction of sp³-hybridized carbons (Fsp3) is 0.630. The zero-order valence-electron chi connectivity index (χ0n) is 23.4. The molecular weight excluding hydrogens is 494 g/mol. The maximum Gasteiger partial charge on any atom is 0.407 e. The summed E-state index contributed by atoms with van der Waals surface area (Å²) in [6.07, 6.45) is -1.64. The zero-order chi connectivity index (χ0) is 29.2. The van der Waals surface area contributed by atoms with Crippen LogP contribution in [0, 0.1) is 16.2 Å². The SMILES string of the molecule is C=C(C)C(=O)OCCNC(=O)OC(CN1C(=O)C(=C)CC(C)(C)C1=O)CN1C(=O)C(C)(C)CC(C)(C)C1=O. The average Bonchev–Trinajstić information content (AvgIpc) is 2.78. The molecule has 0 bridgehead atoms. The topological polar surface area (TPSA) is 139 Å². The van der Waals surface area contributed by atoms with Gasteiger partial charge in [0.2, 0.25) is 17.7 Å². The second-order valence-corrected chi connectivity index (χ2v) is 11.9. The van der Waals surface area contributed by atoms with E-state index in [2.05, 4.69) is 18.5 Å². The van der Waals surface area contributed by atoms with Crippen LogP contribution in [0.4, 0.5) is 4.79 Å². The quantitative estimate of drug-likeness (QED) is 0.206. The van der Waals surface area contributed by atoms with E-state index in [1.54, 1.807) is 41.5 Å². The number of hydrogen-bond acceptors (Lipinski definition) is 8. The molecule has 2 heterocycles. The number of ether oxygens (including phenoxy) is 2. The van der Waals surface area contributed by atoms with Gasteiger partial charge in [-0.15, -0.1) is 0 Å². The molecule has 0 radical (unpaired) electrons. The number of nitrogens with one attached hydrogen (secondary N) is 1. The molecule has 0 aromatic heterocycles. The zero-order valence-corrected chi connectivity index (χ0v) is 23.4. The van der Waals surface area contributed by atoms with Crippen LogP contribution < -0.4 is 5.32 Å². The molecule has 2 saturated heterocycles. The molecule has 2 rings (SSSR count). The van der Waals surface area contributed by atoms with E-state index >= 15 is 0 Å². The van der Waals surface area contributed by atoms with Crippen LogP contribution in [0.5, 0.6) is 0 Å². The summed E-state index contributed by atoms with van der Waals surface area (Å²) in [6.45, 7) is 18.0. The van der Waals surface area contributed by atoms with Gasteiger partial charge in [0.05, 0.1) is 19.6 Å². The van der Waals surface area contributed by atoms with E-state index < -0.39 is 58.0 Å². The number of rotatable bonds is 9. The smallest absolute Gasteiger partial charge is 0.407 e. The fourth-order valence-electron chi connectivity index (χ4n) is 4.90.